The molecule has 1 aliphatic rings. The van der Waals surface area contributed by atoms with Gasteiger partial charge in [-0.15, -0.1) is 0 Å². The summed E-state index contributed by atoms with van der Waals surface area (Å²) in [5.74, 6) is 0.100. The van der Waals surface area contributed by atoms with E-state index in [2.05, 4.69) is 114 Å². The highest BCUT2D eigenvalue weighted by atomic mass is 15.0. The molecule has 0 aliphatic heterocycles. The maximum atomic E-state index is 9.52. The highest BCUT2D eigenvalue weighted by molar-refractivity contribution is 6.10. The van der Waals surface area contributed by atoms with E-state index in [0.717, 1.165) is 27.8 Å². The summed E-state index contributed by atoms with van der Waals surface area (Å²) in [4.78, 5) is 0. The van der Waals surface area contributed by atoms with Crippen molar-refractivity contribution in [3.63, 3.8) is 0 Å². The van der Waals surface area contributed by atoms with Crippen LogP contribution in [-0.4, -0.2) is 4.57 Å². The van der Waals surface area contributed by atoms with E-state index in [9.17, 15) is 10.5 Å². The number of fused-ring (bicyclic) bond motifs is 6. The second-order valence-corrected chi connectivity index (χ2v) is 10.8. The maximum absolute atomic E-state index is 9.52. The molecule has 0 N–H and O–H groups in total. The van der Waals surface area contributed by atoms with E-state index in [0.29, 0.717) is 11.1 Å². The van der Waals surface area contributed by atoms with Crippen molar-refractivity contribution in [2.24, 2.45) is 0 Å². The van der Waals surface area contributed by atoms with Gasteiger partial charge in [-0.2, -0.15) is 10.5 Å². The molecule has 7 aromatic rings. The first kappa shape index (κ1) is 23.9. The third-order valence-electron chi connectivity index (χ3n) is 8.51. The third kappa shape index (κ3) is 3.58. The minimum Gasteiger partial charge on any atom is -0.309 e. The van der Waals surface area contributed by atoms with Gasteiger partial charge in [0.05, 0.1) is 34.3 Å². The summed E-state index contributed by atoms with van der Waals surface area (Å²) in [7, 11) is 0. The van der Waals surface area contributed by atoms with Crippen LogP contribution in [0, 0.1) is 22.7 Å². The zero-order chi connectivity index (χ0) is 28.2. The Hall–Kier alpha value is -5.90. The molecule has 8 rings (SSSR count). The molecule has 1 aromatic heterocycles. The zero-order valence-corrected chi connectivity index (χ0v) is 22.6. The molecule has 0 saturated heterocycles. The van der Waals surface area contributed by atoms with Gasteiger partial charge in [-0.1, -0.05) is 78.9 Å². The maximum Gasteiger partial charge on any atom is 0.0992 e. The summed E-state index contributed by atoms with van der Waals surface area (Å²) in [6, 6.07) is 50.9. The number of hydrogen-bond donors (Lipinski definition) is 0. The van der Waals surface area contributed by atoms with E-state index in [-0.39, 0.29) is 5.92 Å². The number of para-hydroxylation sites is 1. The molecule has 194 valence electrons. The Kier molecular flexibility index (Phi) is 5.33. The fourth-order valence-corrected chi connectivity index (χ4v) is 6.67. The summed E-state index contributed by atoms with van der Waals surface area (Å²) in [5.41, 5.74) is 13.0. The molecule has 6 aromatic carbocycles. The molecular weight excluding hydrogens is 510 g/mol. The van der Waals surface area contributed by atoms with Crippen molar-refractivity contribution >= 4 is 21.8 Å². The van der Waals surface area contributed by atoms with Gasteiger partial charge < -0.3 is 4.57 Å². The molecule has 0 bridgehead atoms. The van der Waals surface area contributed by atoms with Crippen LogP contribution in [-0.2, 0) is 0 Å². The molecule has 3 heteroatoms. The average Bonchev–Trinajstić information content (AvgIpc) is 3.57. The van der Waals surface area contributed by atoms with Crippen LogP contribution >= 0.6 is 0 Å². The van der Waals surface area contributed by atoms with Crippen molar-refractivity contribution in [1.82, 2.24) is 4.57 Å². The Labute approximate surface area is 243 Å². The van der Waals surface area contributed by atoms with Gasteiger partial charge in [-0.3, -0.25) is 0 Å². The number of nitriles is 2. The Morgan fingerprint density at radius 1 is 0.500 bits per heavy atom. The van der Waals surface area contributed by atoms with Crippen LogP contribution in [0.1, 0.15) is 33.7 Å². The van der Waals surface area contributed by atoms with Gasteiger partial charge in [0.25, 0.3) is 0 Å². The number of aromatic nitrogens is 1. The van der Waals surface area contributed by atoms with Gasteiger partial charge in [0, 0.05) is 22.4 Å². The monoisotopic (exact) mass is 533 g/mol. The molecule has 0 amide bonds. The molecule has 0 unspecified atom stereocenters. The summed E-state index contributed by atoms with van der Waals surface area (Å²) in [6.45, 7) is 0. The molecule has 0 radical (unpaired) electrons. The van der Waals surface area contributed by atoms with Crippen molar-refractivity contribution in [3.05, 3.63) is 161 Å². The minimum atomic E-state index is 0.100. The number of rotatable bonds is 3. The zero-order valence-electron chi connectivity index (χ0n) is 22.6. The largest absolute Gasteiger partial charge is 0.309 e. The van der Waals surface area contributed by atoms with Crippen LogP contribution in [0.25, 0.3) is 49.7 Å². The first-order valence-corrected chi connectivity index (χ1v) is 14.0. The Balaban J connectivity index is 1.30. The normalized spacial score (nSPS) is 13.4. The van der Waals surface area contributed by atoms with Crippen LogP contribution in [0.15, 0.2) is 133 Å². The first-order valence-electron chi connectivity index (χ1n) is 14.0. The van der Waals surface area contributed by atoms with Gasteiger partial charge in [0.2, 0.25) is 0 Å². The lowest BCUT2D eigenvalue weighted by molar-refractivity contribution is 1.01. The molecule has 3 nitrogen and oxygen atoms in total. The SMILES string of the molecule is N#Cc1cccc([C@H]2c3ccccc3-c3cc(-c4ccc5c(c4)c4ccccc4n5-c4cccc(C#N)c4)ccc32)c1. The number of nitrogens with zero attached hydrogens (tertiary/aromatic N) is 3. The lowest BCUT2D eigenvalue weighted by atomic mass is 9.88. The van der Waals surface area contributed by atoms with Crippen molar-refractivity contribution in [2.75, 3.05) is 0 Å². The molecular formula is C39H23N3. The fraction of sp³-hybridized carbons (Fsp3) is 0.0256. The van der Waals surface area contributed by atoms with E-state index < -0.39 is 0 Å². The van der Waals surface area contributed by atoms with Gasteiger partial charge in [-0.05, 0) is 93.5 Å². The fourth-order valence-electron chi connectivity index (χ4n) is 6.67. The summed E-state index contributed by atoms with van der Waals surface area (Å²) in [5, 5.41) is 21.4. The quantitative estimate of drug-likeness (QED) is 0.227. The lowest BCUT2D eigenvalue weighted by Crippen LogP contribution is -1.99. The Morgan fingerprint density at radius 2 is 1.19 bits per heavy atom. The van der Waals surface area contributed by atoms with Crippen LogP contribution in [0.3, 0.4) is 0 Å². The van der Waals surface area contributed by atoms with Crippen LogP contribution in [0.4, 0.5) is 0 Å². The molecule has 42 heavy (non-hydrogen) atoms. The van der Waals surface area contributed by atoms with Crippen LogP contribution < -0.4 is 0 Å². The third-order valence-corrected chi connectivity index (χ3v) is 8.51. The Morgan fingerprint density at radius 3 is 2.07 bits per heavy atom. The second kappa shape index (κ2) is 9.34. The van der Waals surface area contributed by atoms with Gasteiger partial charge in [-0.25, -0.2) is 0 Å². The topological polar surface area (TPSA) is 52.5 Å². The predicted molar refractivity (Wildman–Crippen MR) is 168 cm³/mol. The van der Waals surface area contributed by atoms with Crippen molar-refractivity contribution < 1.29 is 0 Å². The molecule has 1 heterocycles. The summed E-state index contributed by atoms with van der Waals surface area (Å²) < 4.78 is 2.24. The van der Waals surface area contributed by atoms with E-state index >= 15 is 0 Å². The smallest absolute Gasteiger partial charge is 0.0992 e. The summed E-state index contributed by atoms with van der Waals surface area (Å²) in [6.07, 6.45) is 0. The highest BCUT2D eigenvalue weighted by Crippen LogP contribution is 2.49. The first-order chi connectivity index (χ1) is 20.7. The molecule has 0 spiro atoms. The van der Waals surface area contributed by atoms with E-state index in [1.165, 1.54) is 38.6 Å². The summed E-state index contributed by atoms with van der Waals surface area (Å²) >= 11 is 0. The number of hydrogen-bond acceptors (Lipinski definition) is 2. The van der Waals surface area contributed by atoms with Crippen LogP contribution in [0.2, 0.25) is 0 Å². The molecule has 0 fully saturated rings. The van der Waals surface area contributed by atoms with Gasteiger partial charge in [0.15, 0.2) is 0 Å². The van der Waals surface area contributed by atoms with Gasteiger partial charge in [0.1, 0.15) is 0 Å². The van der Waals surface area contributed by atoms with E-state index in [1.54, 1.807) is 0 Å². The minimum absolute atomic E-state index is 0.100. The second-order valence-electron chi connectivity index (χ2n) is 10.8. The van der Waals surface area contributed by atoms with E-state index in [1.807, 2.05) is 36.4 Å². The van der Waals surface area contributed by atoms with Gasteiger partial charge >= 0.3 is 0 Å². The Bertz CT molecular complexity index is 2290. The van der Waals surface area contributed by atoms with Crippen LogP contribution in [0.5, 0.6) is 0 Å². The average molecular weight is 534 g/mol. The number of benzene rings is 6. The molecule has 0 saturated carbocycles. The van der Waals surface area contributed by atoms with Crippen molar-refractivity contribution in [1.29, 1.82) is 10.5 Å². The highest BCUT2D eigenvalue weighted by Gasteiger charge is 2.30. The van der Waals surface area contributed by atoms with Crippen molar-refractivity contribution in [3.8, 4) is 40.1 Å². The standard InChI is InChI=1S/C39H23N3/c40-23-25-7-5-9-29(19-25)39-33-13-2-1-11-31(33)35-21-27(15-17-34(35)39)28-16-18-38-36(22-28)32-12-3-4-14-37(32)42(38)30-10-6-8-26(20-30)24-41/h1-22,39H/t39-/m0/s1. The predicted octanol–water partition coefficient (Wildman–Crippen LogP) is 9.35. The van der Waals surface area contributed by atoms with E-state index in [4.69, 9.17) is 0 Å². The lowest BCUT2D eigenvalue weighted by Gasteiger charge is -2.15. The van der Waals surface area contributed by atoms with Crippen molar-refractivity contribution in [2.45, 2.75) is 5.92 Å². The molecule has 1 atom stereocenters. The molecule has 1 aliphatic carbocycles.